The van der Waals surface area contributed by atoms with Crippen molar-refractivity contribution in [3.63, 3.8) is 0 Å². The van der Waals surface area contributed by atoms with Gasteiger partial charge in [-0.2, -0.15) is 0 Å². The van der Waals surface area contributed by atoms with Crippen LogP contribution in [0.3, 0.4) is 0 Å². The van der Waals surface area contributed by atoms with Crippen LogP contribution >= 0.6 is 22.6 Å². The number of anilines is 1. The Kier molecular flexibility index (Phi) is 4.98. The number of amides is 1. The second-order valence-corrected chi connectivity index (χ2v) is 6.31. The number of para-hydroxylation sites is 1. The fourth-order valence-electron chi connectivity index (χ4n) is 2.47. The van der Waals surface area contributed by atoms with Crippen LogP contribution in [0.25, 0.3) is 0 Å². The number of nitrogens with one attached hydrogen (secondary N) is 1. The van der Waals surface area contributed by atoms with Gasteiger partial charge in [0.15, 0.2) is 0 Å². The molecule has 2 rings (SSSR count). The highest BCUT2D eigenvalue weighted by molar-refractivity contribution is 14.1. The van der Waals surface area contributed by atoms with Gasteiger partial charge in [0.25, 0.3) is 0 Å². The molecule has 0 saturated carbocycles. The second-order valence-electron chi connectivity index (χ2n) is 5.14. The summed E-state index contributed by atoms with van der Waals surface area (Å²) in [7, 11) is 0. The van der Waals surface area contributed by atoms with E-state index in [0.29, 0.717) is 13.1 Å². The molecule has 1 fully saturated rings. The predicted octanol–water partition coefficient (Wildman–Crippen LogP) is 1.88. The summed E-state index contributed by atoms with van der Waals surface area (Å²) >= 11 is 2.17. The molecule has 1 amide bonds. The van der Waals surface area contributed by atoms with Crippen molar-refractivity contribution in [3.8, 4) is 0 Å². The first kappa shape index (κ1) is 15.2. The lowest BCUT2D eigenvalue weighted by molar-refractivity contribution is -0.142. The highest BCUT2D eigenvalue weighted by atomic mass is 127. The number of halogens is 1. The van der Waals surface area contributed by atoms with Gasteiger partial charge in [-0.15, -0.1) is 0 Å². The van der Waals surface area contributed by atoms with E-state index in [-0.39, 0.29) is 24.3 Å². The summed E-state index contributed by atoms with van der Waals surface area (Å²) in [4.78, 5) is 24.9. The minimum absolute atomic E-state index is 0.0807. The number of nitrogens with zero attached hydrogens (tertiary/aromatic N) is 1. The topological polar surface area (TPSA) is 69.6 Å². The van der Waals surface area contributed by atoms with E-state index in [4.69, 9.17) is 5.11 Å². The van der Waals surface area contributed by atoms with Crippen molar-refractivity contribution >= 4 is 40.2 Å². The molecule has 1 aliphatic rings. The lowest BCUT2D eigenvalue weighted by Gasteiger charge is -2.15. The zero-order chi connectivity index (χ0) is 14.7. The van der Waals surface area contributed by atoms with E-state index in [0.717, 1.165) is 9.26 Å². The van der Waals surface area contributed by atoms with E-state index >= 15 is 0 Å². The van der Waals surface area contributed by atoms with Gasteiger partial charge >= 0.3 is 5.97 Å². The van der Waals surface area contributed by atoms with Crippen LogP contribution in [-0.4, -0.2) is 41.5 Å². The molecule has 1 aromatic carbocycles. The standard InChI is InChI=1S/C14H17IN2O3/c1-9-6-17(7-10(9)14(19)20)8-13(18)16-12-5-3-2-4-11(12)15/h2-5,9-10H,6-8H2,1H3,(H,16,18)(H,19,20). The minimum Gasteiger partial charge on any atom is -0.481 e. The van der Waals surface area contributed by atoms with Crippen molar-refractivity contribution in [2.45, 2.75) is 6.92 Å². The number of hydrogen-bond acceptors (Lipinski definition) is 3. The number of benzene rings is 1. The molecule has 0 spiro atoms. The largest absolute Gasteiger partial charge is 0.481 e. The SMILES string of the molecule is CC1CN(CC(=O)Nc2ccccc2I)CC1C(=O)O. The van der Waals surface area contributed by atoms with E-state index in [1.54, 1.807) is 0 Å². The monoisotopic (exact) mass is 388 g/mol. The summed E-state index contributed by atoms with van der Waals surface area (Å²) in [5.74, 6) is -1.18. The van der Waals surface area contributed by atoms with E-state index in [1.807, 2.05) is 36.1 Å². The number of likely N-dealkylation sites (tertiary alicyclic amines) is 1. The van der Waals surface area contributed by atoms with E-state index < -0.39 is 5.97 Å². The molecule has 2 atom stereocenters. The van der Waals surface area contributed by atoms with Crippen LogP contribution < -0.4 is 5.32 Å². The Hall–Kier alpha value is -1.15. The van der Waals surface area contributed by atoms with Crippen LogP contribution in [-0.2, 0) is 9.59 Å². The molecule has 0 aromatic heterocycles. The van der Waals surface area contributed by atoms with Gasteiger partial charge < -0.3 is 10.4 Å². The summed E-state index contributed by atoms with van der Waals surface area (Å²) < 4.78 is 0.983. The third-order valence-electron chi connectivity index (χ3n) is 3.52. The average Bonchev–Trinajstić information content (AvgIpc) is 2.73. The maximum absolute atomic E-state index is 12.0. The number of carboxylic acids is 1. The van der Waals surface area contributed by atoms with Crippen molar-refractivity contribution in [2.24, 2.45) is 11.8 Å². The smallest absolute Gasteiger partial charge is 0.308 e. The van der Waals surface area contributed by atoms with Gasteiger partial charge in [0, 0.05) is 16.7 Å². The molecule has 2 N–H and O–H groups in total. The summed E-state index contributed by atoms with van der Waals surface area (Å²) in [6.45, 7) is 3.24. The summed E-state index contributed by atoms with van der Waals surface area (Å²) in [6, 6.07) is 7.56. The van der Waals surface area contributed by atoms with Gasteiger partial charge in [-0.25, -0.2) is 0 Å². The molecule has 1 saturated heterocycles. The normalized spacial score (nSPS) is 22.7. The number of carbonyl (C=O) groups is 2. The maximum atomic E-state index is 12.0. The average molecular weight is 388 g/mol. The Morgan fingerprint density at radius 3 is 2.70 bits per heavy atom. The van der Waals surface area contributed by atoms with Crippen molar-refractivity contribution in [1.29, 1.82) is 0 Å². The van der Waals surface area contributed by atoms with Crippen molar-refractivity contribution < 1.29 is 14.7 Å². The fourth-order valence-corrected chi connectivity index (χ4v) is 3.00. The van der Waals surface area contributed by atoms with Crippen LogP contribution in [0.4, 0.5) is 5.69 Å². The molecule has 0 radical (unpaired) electrons. The van der Waals surface area contributed by atoms with Crippen LogP contribution in [0.2, 0.25) is 0 Å². The van der Waals surface area contributed by atoms with Crippen molar-refractivity contribution in [1.82, 2.24) is 4.90 Å². The van der Waals surface area contributed by atoms with Gasteiger partial charge in [0.1, 0.15) is 0 Å². The first-order valence-corrected chi connectivity index (χ1v) is 7.55. The highest BCUT2D eigenvalue weighted by Crippen LogP contribution is 2.23. The lowest BCUT2D eigenvalue weighted by atomic mass is 9.99. The number of hydrogen-bond donors (Lipinski definition) is 2. The molecule has 5 nitrogen and oxygen atoms in total. The van der Waals surface area contributed by atoms with Gasteiger partial charge in [0.2, 0.25) is 5.91 Å². The Bertz CT molecular complexity index is 521. The molecule has 2 unspecified atom stereocenters. The second kappa shape index (κ2) is 6.53. The zero-order valence-corrected chi connectivity index (χ0v) is 13.3. The molecular formula is C14H17IN2O3. The molecule has 6 heteroatoms. The van der Waals surface area contributed by atoms with Gasteiger partial charge in [-0.3, -0.25) is 14.5 Å². The van der Waals surface area contributed by atoms with E-state index in [2.05, 4.69) is 27.9 Å². The van der Waals surface area contributed by atoms with Crippen LogP contribution in [0.5, 0.6) is 0 Å². The molecule has 1 aromatic rings. The first-order chi connectivity index (χ1) is 9.47. The highest BCUT2D eigenvalue weighted by Gasteiger charge is 2.35. The minimum atomic E-state index is -0.780. The molecule has 0 aliphatic carbocycles. The maximum Gasteiger partial charge on any atom is 0.308 e. The van der Waals surface area contributed by atoms with Crippen LogP contribution in [0.1, 0.15) is 6.92 Å². The molecule has 108 valence electrons. The number of carbonyl (C=O) groups excluding carboxylic acids is 1. The summed E-state index contributed by atoms with van der Waals surface area (Å²) in [6.07, 6.45) is 0. The van der Waals surface area contributed by atoms with Gasteiger partial charge in [-0.1, -0.05) is 19.1 Å². The molecule has 1 aliphatic heterocycles. The van der Waals surface area contributed by atoms with E-state index in [9.17, 15) is 9.59 Å². The van der Waals surface area contributed by atoms with Crippen molar-refractivity contribution in [3.05, 3.63) is 27.8 Å². The number of aliphatic carboxylic acids is 1. The van der Waals surface area contributed by atoms with Crippen LogP contribution in [0.15, 0.2) is 24.3 Å². The Morgan fingerprint density at radius 1 is 1.40 bits per heavy atom. The van der Waals surface area contributed by atoms with Gasteiger partial charge in [-0.05, 0) is 40.6 Å². The molecule has 1 heterocycles. The zero-order valence-electron chi connectivity index (χ0n) is 11.2. The predicted molar refractivity (Wildman–Crippen MR) is 84.5 cm³/mol. The third kappa shape index (κ3) is 3.69. The quantitative estimate of drug-likeness (QED) is 0.773. The Morgan fingerprint density at radius 2 is 2.10 bits per heavy atom. The summed E-state index contributed by atoms with van der Waals surface area (Å²) in [5.41, 5.74) is 0.792. The Labute approximate surface area is 131 Å². The third-order valence-corrected chi connectivity index (χ3v) is 4.46. The molecule has 0 bridgehead atoms. The fraction of sp³-hybridized carbons (Fsp3) is 0.429. The number of rotatable bonds is 4. The number of carboxylic acid groups (broad SMARTS) is 1. The summed E-state index contributed by atoms with van der Waals surface area (Å²) in [5, 5.41) is 11.9. The lowest BCUT2D eigenvalue weighted by Crippen LogP contribution is -2.32. The van der Waals surface area contributed by atoms with Gasteiger partial charge in [0.05, 0.1) is 18.2 Å². The first-order valence-electron chi connectivity index (χ1n) is 6.47. The molecule has 20 heavy (non-hydrogen) atoms. The van der Waals surface area contributed by atoms with Crippen molar-refractivity contribution in [2.75, 3.05) is 25.0 Å². The van der Waals surface area contributed by atoms with E-state index in [1.165, 1.54) is 0 Å². The molecular weight excluding hydrogens is 371 g/mol. The Balaban J connectivity index is 1.90. The van der Waals surface area contributed by atoms with Crippen LogP contribution in [0, 0.1) is 15.4 Å².